The molecule has 1 rings (SSSR count). The van der Waals surface area contributed by atoms with E-state index in [9.17, 15) is 0 Å². The summed E-state index contributed by atoms with van der Waals surface area (Å²) < 4.78 is 3.06. The van der Waals surface area contributed by atoms with Crippen LogP contribution in [0.3, 0.4) is 0 Å². The van der Waals surface area contributed by atoms with E-state index in [0.717, 1.165) is 17.6 Å². The predicted molar refractivity (Wildman–Crippen MR) is 57.5 cm³/mol. The minimum absolute atomic E-state index is 0.613. The second-order valence-corrected chi connectivity index (χ2v) is 4.33. The molecule has 0 aliphatic rings. The molecule has 0 aliphatic carbocycles. The molecule has 0 aliphatic heterocycles. The summed E-state index contributed by atoms with van der Waals surface area (Å²) in [6.45, 7) is 5.98. The molecule has 0 spiro atoms. The van der Waals surface area contributed by atoms with Crippen molar-refractivity contribution in [2.75, 3.05) is 6.54 Å². The normalized spacial score (nSPS) is 11.2. The van der Waals surface area contributed by atoms with E-state index in [1.807, 2.05) is 10.9 Å². The van der Waals surface area contributed by atoms with E-state index < -0.39 is 0 Å². The first-order valence-corrected chi connectivity index (χ1v) is 5.34. The highest BCUT2D eigenvalue weighted by Crippen LogP contribution is 2.17. The lowest BCUT2D eigenvalue weighted by atomic mass is 10.2. The molecular formula is C9H16BrN3. The number of aromatic nitrogens is 2. The smallest absolute Gasteiger partial charge is 0.107 e. The van der Waals surface area contributed by atoms with Crippen molar-refractivity contribution in [3.8, 4) is 0 Å². The number of hydrogen-bond donors (Lipinski definition) is 1. The van der Waals surface area contributed by atoms with Crippen LogP contribution in [0.4, 0.5) is 0 Å². The van der Waals surface area contributed by atoms with Crippen LogP contribution in [0.25, 0.3) is 0 Å². The Balaban J connectivity index is 2.74. The van der Waals surface area contributed by atoms with Crippen LogP contribution in [-0.4, -0.2) is 16.3 Å². The maximum atomic E-state index is 5.48. The van der Waals surface area contributed by atoms with Crippen molar-refractivity contribution in [2.24, 2.45) is 11.7 Å². The summed E-state index contributed by atoms with van der Waals surface area (Å²) in [5.41, 5.74) is 6.68. The zero-order chi connectivity index (χ0) is 9.84. The molecule has 0 amide bonds. The minimum Gasteiger partial charge on any atom is -0.330 e. The van der Waals surface area contributed by atoms with Crippen LogP contribution >= 0.6 is 15.9 Å². The molecule has 3 nitrogen and oxygen atoms in total. The van der Waals surface area contributed by atoms with Gasteiger partial charge in [0.1, 0.15) is 4.60 Å². The average Bonchev–Trinajstić information content (AvgIpc) is 2.36. The van der Waals surface area contributed by atoms with Crippen LogP contribution < -0.4 is 5.73 Å². The summed E-state index contributed by atoms with van der Waals surface area (Å²) in [7, 11) is 0. The van der Waals surface area contributed by atoms with Gasteiger partial charge in [-0.3, -0.25) is 4.68 Å². The van der Waals surface area contributed by atoms with E-state index in [1.165, 1.54) is 5.56 Å². The molecular weight excluding hydrogens is 230 g/mol. The van der Waals surface area contributed by atoms with Gasteiger partial charge in [-0.2, -0.15) is 5.10 Å². The van der Waals surface area contributed by atoms with Crippen LogP contribution in [0.15, 0.2) is 10.8 Å². The van der Waals surface area contributed by atoms with E-state index in [2.05, 4.69) is 34.9 Å². The van der Waals surface area contributed by atoms with Crippen molar-refractivity contribution in [3.05, 3.63) is 16.4 Å². The zero-order valence-electron chi connectivity index (χ0n) is 8.13. The Kier molecular flexibility index (Phi) is 3.93. The molecule has 0 bridgehead atoms. The third kappa shape index (κ3) is 2.81. The Morgan fingerprint density at radius 2 is 2.31 bits per heavy atom. The van der Waals surface area contributed by atoms with Crippen molar-refractivity contribution in [3.63, 3.8) is 0 Å². The van der Waals surface area contributed by atoms with Gasteiger partial charge in [-0.05, 0) is 34.8 Å². The molecule has 0 unspecified atom stereocenters. The van der Waals surface area contributed by atoms with Gasteiger partial charge in [-0.25, -0.2) is 0 Å². The molecule has 0 saturated carbocycles. The lowest BCUT2D eigenvalue weighted by Crippen LogP contribution is -2.07. The first kappa shape index (κ1) is 10.7. The van der Waals surface area contributed by atoms with Gasteiger partial charge in [0.25, 0.3) is 0 Å². The number of nitrogens with two attached hydrogens (primary N) is 1. The molecule has 0 aromatic carbocycles. The lowest BCUT2D eigenvalue weighted by molar-refractivity contribution is 0.476. The second kappa shape index (κ2) is 4.77. The maximum absolute atomic E-state index is 5.48. The quantitative estimate of drug-likeness (QED) is 0.880. The summed E-state index contributed by atoms with van der Waals surface area (Å²) in [6.07, 6.45) is 2.78. The van der Waals surface area contributed by atoms with Gasteiger partial charge in [0, 0.05) is 12.1 Å². The van der Waals surface area contributed by atoms with Gasteiger partial charge in [0.15, 0.2) is 0 Å². The Hall–Kier alpha value is -0.350. The molecule has 0 radical (unpaired) electrons. The van der Waals surface area contributed by atoms with Crippen molar-refractivity contribution >= 4 is 15.9 Å². The summed E-state index contributed by atoms with van der Waals surface area (Å²) in [5, 5.41) is 4.29. The fourth-order valence-corrected chi connectivity index (χ4v) is 1.74. The van der Waals surface area contributed by atoms with E-state index in [4.69, 9.17) is 5.73 Å². The predicted octanol–water partition coefficient (Wildman–Crippen LogP) is 1.80. The van der Waals surface area contributed by atoms with Crippen LogP contribution in [0.2, 0.25) is 0 Å². The van der Waals surface area contributed by atoms with E-state index in [1.54, 1.807) is 0 Å². The topological polar surface area (TPSA) is 43.8 Å². The number of hydrogen-bond acceptors (Lipinski definition) is 2. The maximum Gasteiger partial charge on any atom is 0.107 e. The van der Waals surface area contributed by atoms with Crippen molar-refractivity contribution < 1.29 is 0 Å². The Bertz CT molecular complexity index is 268. The fourth-order valence-electron chi connectivity index (χ4n) is 1.21. The molecule has 1 aromatic rings. The minimum atomic E-state index is 0.613. The van der Waals surface area contributed by atoms with Gasteiger partial charge < -0.3 is 5.73 Å². The third-order valence-electron chi connectivity index (χ3n) is 1.80. The first-order chi connectivity index (χ1) is 6.15. The lowest BCUT2D eigenvalue weighted by Gasteiger charge is -2.06. The molecule has 4 heteroatoms. The van der Waals surface area contributed by atoms with Crippen molar-refractivity contribution in [2.45, 2.75) is 26.8 Å². The molecule has 74 valence electrons. The van der Waals surface area contributed by atoms with Crippen LogP contribution in [0, 0.1) is 5.92 Å². The SMILES string of the molecule is CC(C)Cn1ncc(CCN)c1Br. The van der Waals surface area contributed by atoms with Crippen LogP contribution in [-0.2, 0) is 13.0 Å². The van der Waals surface area contributed by atoms with Gasteiger partial charge in [0.2, 0.25) is 0 Å². The summed E-state index contributed by atoms with van der Waals surface area (Å²) in [6, 6.07) is 0. The first-order valence-electron chi connectivity index (χ1n) is 4.55. The van der Waals surface area contributed by atoms with E-state index in [0.29, 0.717) is 12.5 Å². The molecule has 2 N–H and O–H groups in total. The third-order valence-corrected chi connectivity index (χ3v) is 2.71. The summed E-state index contributed by atoms with van der Waals surface area (Å²) in [5.74, 6) is 0.613. The van der Waals surface area contributed by atoms with Crippen LogP contribution in [0.1, 0.15) is 19.4 Å². The molecule has 0 fully saturated rings. The fraction of sp³-hybridized carbons (Fsp3) is 0.667. The molecule has 1 heterocycles. The molecule has 0 saturated heterocycles. The van der Waals surface area contributed by atoms with Gasteiger partial charge in [-0.15, -0.1) is 0 Å². The second-order valence-electron chi connectivity index (χ2n) is 3.58. The zero-order valence-corrected chi connectivity index (χ0v) is 9.71. The van der Waals surface area contributed by atoms with Gasteiger partial charge in [-0.1, -0.05) is 13.8 Å². The van der Waals surface area contributed by atoms with E-state index in [-0.39, 0.29) is 0 Å². The monoisotopic (exact) mass is 245 g/mol. The Morgan fingerprint density at radius 3 is 2.85 bits per heavy atom. The van der Waals surface area contributed by atoms with Gasteiger partial charge in [0.05, 0.1) is 6.20 Å². The average molecular weight is 246 g/mol. The highest BCUT2D eigenvalue weighted by atomic mass is 79.9. The van der Waals surface area contributed by atoms with Gasteiger partial charge >= 0.3 is 0 Å². The summed E-state index contributed by atoms with van der Waals surface area (Å²) in [4.78, 5) is 0. The Morgan fingerprint density at radius 1 is 1.62 bits per heavy atom. The summed E-state index contributed by atoms with van der Waals surface area (Å²) >= 11 is 3.53. The van der Waals surface area contributed by atoms with Crippen molar-refractivity contribution in [1.29, 1.82) is 0 Å². The highest BCUT2D eigenvalue weighted by Gasteiger charge is 2.07. The highest BCUT2D eigenvalue weighted by molar-refractivity contribution is 9.10. The molecule has 1 aromatic heterocycles. The Labute approximate surface area is 87.4 Å². The largest absolute Gasteiger partial charge is 0.330 e. The van der Waals surface area contributed by atoms with Crippen LogP contribution in [0.5, 0.6) is 0 Å². The molecule has 0 atom stereocenters. The standard InChI is InChI=1S/C9H16BrN3/c1-7(2)6-13-9(10)8(3-4-11)5-12-13/h5,7H,3-4,6,11H2,1-2H3. The molecule has 13 heavy (non-hydrogen) atoms. The van der Waals surface area contributed by atoms with Crippen molar-refractivity contribution in [1.82, 2.24) is 9.78 Å². The number of nitrogens with zero attached hydrogens (tertiary/aromatic N) is 2. The number of rotatable bonds is 4. The van der Waals surface area contributed by atoms with E-state index >= 15 is 0 Å². The number of halogens is 1.